The summed E-state index contributed by atoms with van der Waals surface area (Å²) in [5, 5.41) is 0. The Bertz CT molecular complexity index is 1530. The zero-order valence-electron chi connectivity index (χ0n) is 33.6. The summed E-state index contributed by atoms with van der Waals surface area (Å²) in [6.45, 7) is 9.44. The maximum Gasteiger partial charge on any atom is 0.333 e. The molecule has 0 aromatic heterocycles. The fourth-order valence-electron chi connectivity index (χ4n) is 5.16. The lowest BCUT2D eigenvalue weighted by atomic mass is 10.1. The molecule has 2 atom stereocenters. The van der Waals surface area contributed by atoms with Gasteiger partial charge >= 0.3 is 17.9 Å². The summed E-state index contributed by atoms with van der Waals surface area (Å²) < 4.78 is 51.3. The molecule has 312 valence electrons. The van der Waals surface area contributed by atoms with Crippen LogP contribution in [0.25, 0.3) is 0 Å². The van der Waals surface area contributed by atoms with Crippen LogP contribution in [0.1, 0.15) is 71.6 Å². The van der Waals surface area contributed by atoms with Crippen LogP contribution in [0, 0.1) is 0 Å². The Kier molecular flexibility index (Phi) is 23.7. The third-order valence-corrected chi connectivity index (χ3v) is 8.22. The zero-order chi connectivity index (χ0) is 40.8. The van der Waals surface area contributed by atoms with Crippen molar-refractivity contribution in [2.45, 2.75) is 83.8 Å². The number of unbranched alkanes of at least 4 members (excludes halogenated alkanes) is 5. The highest BCUT2D eigenvalue weighted by atomic mass is 16.6. The smallest absolute Gasteiger partial charge is 0.333 e. The molecule has 2 unspecified atom stereocenters. The molecule has 12 nitrogen and oxygen atoms in total. The lowest BCUT2D eigenvalue weighted by Crippen LogP contribution is -2.30. The zero-order valence-corrected chi connectivity index (χ0v) is 33.6. The highest BCUT2D eigenvalue weighted by Gasteiger charge is 2.18. The summed E-state index contributed by atoms with van der Waals surface area (Å²) in [6, 6.07) is 25.9. The van der Waals surface area contributed by atoms with Crippen molar-refractivity contribution >= 4 is 17.9 Å². The van der Waals surface area contributed by atoms with E-state index in [1.54, 1.807) is 31.2 Å². The Labute approximate surface area is 337 Å². The second kappa shape index (κ2) is 29.2. The van der Waals surface area contributed by atoms with Gasteiger partial charge in [-0.2, -0.15) is 0 Å². The highest BCUT2D eigenvalue weighted by Crippen LogP contribution is 2.18. The number of hydrogen-bond donors (Lipinski definition) is 0. The van der Waals surface area contributed by atoms with E-state index < -0.39 is 12.2 Å². The van der Waals surface area contributed by atoms with Gasteiger partial charge in [0.1, 0.15) is 49.4 Å². The SMILES string of the molecule is C=C(C)C(=O)OCCCCCCC(=O)OC(COCCOc1ccc(OCCOCC(COc2ccccc2)OC(=O)CCCCC)cc1)COc1ccccc1. The lowest BCUT2D eigenvalue weighted by molar-refractivity contribution is -0.155. The highest BCUT2D eigenvalue weighted by molar-refractivity contribution is 5.86. The van der Waals surface area contributed by atoms with Crippen molar-refractivity contribution in [1.29, 1.82) is 0 Å². The standard InChI is InChI=1S/C45H60O12/c1-4-5-10-21-43(46)56-41(34-54-37-17-11-8-12-18-37)32-49-28-30-51-39-23-25-40(26-24-39)52-31-29-50-33-42(35-55-38-19-13-9-14-20-38)57-44(47)22-15-6-7-16-27-53-45(48)36(2)3/h8-9,11-14,17-20,23-26,41-42H,2,4-7,10,15-16,21-22,27-35H2,1,3H3. The van der Waals surface area contributed by atoms with Crippen molar-refractivity contribution in [3.63, 3.8) is 0 Å². The Morgan fingerprint density at radius 2 is 0.947 bits per heavy atom. The summed E-state index contributed by atoms with van der Waals surface area (Å²) in [5.74, 6) is 1.70. The summed E-state index contributed by atoms with van der Waals surface area (Å²) in [5.41, 5.74) is 0.379. The molecule has 0 aliphatic carbocycles. The van der Waals surface area contributed by atoms with Gasteiger partial charge in [0.2, 0.25) is 0 Å². The lowest BCUT2D eigenvalue weighted by Gasteiger charge is -2.19. The summed E-state index contributed by atoms with van der Waals surface area (Å²) in [4.78, 5) is 36.4. The number of carbonyl (C=O) groups excluding carboxylic acids is 3. The molecule has 0 saturated heterocycles. The molecule has 0 spiro atoms. The van der Waals surface area contributed by atoms with Crippen molar-refractivity contribution in [2.24, 2.45) is 0 Å². The van der Waals surface area contributed by atoms with E-state index in [-0.39, 0.29) is 64.0 Å². The number of esters is 3. The van der Waals surface area contributed by atoms with Crippen LogP contribution < -0.4 is 18.9 Å². The van der Waals surface area contributed by atoms with Crippen LogP contribution in [0.3, 0.4) is 0 Å². The molecule has 57 heavy (non-hydrogen) atoms. The quantitative estimate of drug-likeness (QED) is 0.0262. The molecule has 0 saturated carbocycles. The van der Waals surface area contributed by atoms with Gasteiger partial charge in [-0.3, -0.25) is 9.59 Å². The molecule has 0 bridgehead atoms. The predicted molar refractivity (Wildman–Crippen MR) is 216 cm³/mol. The van der Waals surface area contributed by atoms with Crippen molar-refractivity contribution in [3.05, 3.63) is 97.1 Å². The molecule has 0 aliphatic rings. The fourth-order valence-corrected chi connectivity index (χ4v) is 5.16. The summed E-state index contributed by atoms with van der Waals surface area (Å²) in [6.07, 6.45) is 5.33. The number of benzene rings is 3. The van der Waals surface area contributed by atoms with E-state index in [0.717, 1.165) is 38.5 Å². The van der Waals surface area contributed by atoms with E-state index >= 15 is 0 Å². The van der Waals surface area contributed by atoms with Crippen molar-refractivity contribution in [3.8, 4) is 23.0 Å². The summed E-state index contributed by atoms with van der Waals surface area (Å²) in [7, 11) is 0. The van der Waals surface area contributed by atoms with Gasteiger partial charge in [-0.1, -0.05) is 75.6 Å². The number of para-hydroxylation sites is 2. The first-order chi connectivity index (χ1) is 27.8. The van der Waals surface area contributed by atoms with E-state index in [2.05, 4.69) is 13.5 Å². The average Bonchev–Trinajstić information content (AvgIpc) is 3.22. The Morgan fingerprint density at radius 3 is 1.40 bits per heavy atom. The van der Waals surface area contributed by atoms with Gasteiger partial charge < -0.3 is 42.6 Å². The molecule has 12 heteroatoms. The average molecular weight is 793 g/mol. The minimum atomic E-state index is -0.598. The normalized spacial score (nSPS) is 11.8. The van der Waals surface area contributed by atoms with E-state index in [1.807, 2.05) is 60.7 Å². The molecule has 0 N–H and O–H groups in total. The molecular formula is C45H60O12. The van der Waals surface area contributed by atoms with Crippen molar-refractivity contribution < 1.29 is 57.0 Å². The summed E-state index contributed by atoms with van der Waals surface area (Å²) >= 11 is 0. The van der Waals surface area contributed by atoms with E-state index in [9.17, 15) is 14.4 Å². The van der Waals surface area contributed by atoms with Crippen molar-refractivity contribution in [2.75, 3.05) is 59.5 Å². The maximum absolute atomic E-state index is 12.6. The number of ether oxygens (including phenoxy) is 9. The topological polar surface area (TPSA) is 134 Å². The third-order valence-electron chi connectivity index (χ3n) is 8.22. The number of carbonyl (C=O) groups is 3. The molecule has 0 aliphatic heterocycles. The monoisotopic (exact) mass is 792 g/mol. The Hall–Kier alpha value is -5.07. The van der Waals surface area contributed by atoms with Crippen molar-refractivity contribution in [1.82, 2.24) is 0 Å². The minimum Gasteiger partial charge on any atom is -0.491 e. The Morgan fingerprint density at radius 1 is 0.509 bits per heavy atom. The number of hydrogen-bond acceptors (Lipinski definition) is 12. The maximum atomic E-state index is 12.6. The van der Waals surface area contributed by atoms with Crippen LogP contribution >= 0.6 is 0 Å². The van der Waals surface area contributed by atoms with Crippen LogP contribution in [0.15, 0.2) is 97.1 Å². The molecule has 0 amide bonds. The molecule has 3 rings (SSSR count). The van der Waals surface area contributed by atoms with Gasteiger partial charge in [-0.25, -0.2) is 4.79 Å². The van der Waals surface area contributed by atoms with E-state index in [1.165, 1.54) is 0 Å². The fraction of sp³-hybridized carbons (Fsp3) is 0.489. The van der Waals surface area contributed by atoms with Gasteiger partial charge in [0.15, 0.2) is 12.2 Å². The molecule has 0 fully saturated rings. The van der Waals surface area contributed by atoms with E-state index in [4.69, 9.17) is 42.6 Å². The van der Waals surface area contributed by atoms with Gasteiger partial charge in [-0.15, -0.1) is 0 Å². The van der Waals surface area contributed by atoms with Crippen LogP contribution in [0.4, 0.5) is 0 Å². The third kappa shape index (κ3) is 22.3. The molecule has 0 heterocycles. The molecular weight excluding hydrogens is 732 g/mol. The van der Waals surface area contributed by atoms with Crippen LogP contribution in [-0.4, -0.2) is 89.6 Å². The van der Waals surface area contributed by atoms with Gasteiger partial charge in [0.05, 0.1) is 33.0 Å². The van der Waals surface area contributed by atoms with Gasteiger partial charge in [0, 0.05) is 18.4 Å². The van der Waals surface area contributed by atoms with E-state index in [0.29, 0.717) is 61.2 Å². The number of rotatable bonds is 32. The second-order valence-corrected chi connectivity index (χ2v) is 13.3. The first kappa shape index (κ1) is 46.3. The molecule has 3 aromatic carbocycles. The minimum absolute atomic E-state index is 0.146. The van der Waals surface area contributed by atoms with Gasteiger partial charge in [-0.05, 0) is 74.7 Å². The van der Waals surface area contributed by atoms with Crippen LogP contribution in [-0.2, 0) is 38.1 Å². The predicted octanol–water partition coefficient (Wildman–Crippen LogP) is 8.11. The van der Waals surface area contributed by atoms with Crippen LogP contribution in [0.2, 0.25) is 0 Å². The van der Waals surface area contributed by atoms with Gasteiger partial charge in [0.25, 0.3) is 0 Å². The largest absolute Gasteiger partial charge is 0.491 e. The first-order valence-electron chi connectivity index (χ1n) is 19.9. The first-order valence-corrected chi connectivity index (χ1v) is 19.9. The second-order valence-electron chi connectivity index (χ2n) is 13.3. The molecule has 3 aromatic rings. The Balaban J connectivity index is 1.32. The van der Waals surface area contributed by atoms with Crippen LogP contribution in [0.5, 0.6) is 23.0 Å². The molecule has 0 radical (unpaired) electrons.